The van der Waals surface area contributed by atoms with E-state index in [1.165, 1.54) is 12.1 Å². The molecule has 20 heavy (non-hydrogen) atoms. The van der Waals surface area contributed by atoms with E-state index in [1.54, 1.807) is 6.07 Å². The zero-order chi connectivity index (χ0) is 14.9. The molecule has 0 fully saturated rings. The number of nitrogens with one attached hydrogen (secondary N) is 1. The molecule has 2 rings (SSSR count). The minimum absolute atomic E-state index is 0.119. The Hall–Kier alpha value is -0.980. The molecule has 0 spiro atoms. The van der Waals surface area contributed by atoms with Crippen molar-refractivity contribution < 1.29 is 13.6 Å². The average molecular weight is 425 g/mol. The first kappa shape index (κ1) is 15.4. The maximum Gasteiger partial charge on any atom is 0.256 e. The highest BCUT2D eigenvalue weighted by Gasteiger charge is 2.16. The third kappa shape index (κ3) is 3.37. The Morgan fingerprint density at radius 3 is 2.40 bits per heavy atom. The lowest BCUT2D eigenvalue weighted by Gasteiger charge is -2.10. The van der Waals surface area contributed by atoms with Crippen LogP contribution in [0.25, 0.3) is 0 Å². The molecule has 0 heterocycles. The SMILES string of the molecule is O=C(Nc1c(F)cc(F)cc1Br)c1ccc(Cl)cc1Br. The monoisotopic (exact) mass is 423 g/mol. The van der Waals surface area contributed by atoms with Crippen LogP contribution in [0.1, 0.15) is 10.4 Å². The summed E-state index contributed by atoms with van der Waals surface area (Å²) in [6.45, 7) is 0. The summed E-state index contributed by atoms with van der Waals surface area (Å²) in [5.41, 5.74) is 0.156. The lowest BCUT2D eigenvalue weighted by molar-refractivity contribution is 0.102. The number of carbonyl (C=O) groups is 1. The number of hydrogen-bond acceptors (Lipinski definition) is 1. The Kier molecular flexibility index (Phi) is 4.78. The van der Waals surface area contributed by atoms with Crippen LogP contribution in [0.3, 0.4) is 0 Å². The Balaban J connectivity index is 2.33. The van der Waals surface area contributed by atoms with Gasteiger partial charge >= 0.3 is 0 Å². The van der Waals surface area contributed by atoms with Crippen molar-refractivity contribution in [3.8, 4) is 0 Å². The molecule has 1 amide bonds. The van der Waals surface area contributed by atoms with E-state index in [1.807, 2.05) is 0 Å². The van der Waals surface area contributed by atoms with Crippen LogP contribution in [-0.2, 0) is 0 Å². The van der Waals surface area contributed by atoms with E-state index < -0.39 is 17.5 Å². The molecule has 0 aliphatic carbocycles. The smallest absolute Gasteiger partial charge is 0.256 e. The van der Waals surface area contributed by atoms with E-state index in [9.17, 15) is 13.6 Å². The molecule has 104 valence electrons. The maximum atomic E-state index is 13.6. The highest BCUT2D eigenvalue weighted by Crippen LogP contribution is 2.28. The van der Waals surface area contributed by atoms with Crippen molar-refractivity contribution in [2.45, 2.75) is 0 Å². The molecule has 7 heteroatoms. The van der Waals surface area contributed by atoms with Gasteiger partial charge in [-0.25, -0.2) is 8.78 Å². The molecule has 0 saturated carbocycles. The third-order valence-electron chi connectivity index (χ3n) is 2.42. The molecular formula is C13H6Br2ClF2NO. The Morgan fingerprint density at radius 1 is 1.10 bits per heavy atom. The first-order chi connectivity index (χ1) is 9.38. The minimum atomic E-state index is -0.865. The largest absolute Gasteiger partial charge is 0.318 e. The van der Waals surface area contributed by atoms with Gasteiger partial charge in [-0.1, -0.05) is 11.6 Å². The Bertz CT molecular complexity index is 671. The van der Waals surface area contributed by atoms with Gasteiger partial charge in [-0.2, -0.15) is 0 Å². The van der Waals surface area contributed by atoms with E-state index in [2.05, 4.69) is 37.2 Å². The molecule has 0 aromatic heterocycles. The van der Waals surface area contributed by atoms with Crippen molar-refractivity contribution in [3.63, 3.8) is 0 Å². The number of rotatable bonds is 2. The van der Waals surface area contributed by atoms with Crippen molar-refractivity contribution in [1.29, 1.82) is 0 Å². The van der Waals surface area contributed by atoms with E-state index in [0.29, 0.717) is 15.6 Å². The highest BCUT2D eigenvalue weighted by molar-refractivity contribution is 9.11. The van der Waals surface area contributed by atoms with Crippen LogP contribution in [0, 0.1) is 11.6 Å². The van der Waals surface area contributed by atoms with Gasteiger partial charge in [0.15, 0.2) is 5.82 Å². The second-order valence-corrected chi connectivity index (χ2v) is 5.97. The number of halogens is 5. The lowest BCUT2D eigenvalue weighted by atomic mass is 10.2. The van der Waals surface area contributed by atoms with Gasteiger partial charge in [-0.05, 0) is 56.1 Å². The van der Waals surface area contributed by atoms with Crippen molar-refractivity contribution in [2.24, 2.45) is 0 Å². The van der Waals surface area contributed by atoms with Gasteiger partial charge in [0, 0.05) is 20.0 Å². The van der Waals surface area contributed by atoms with Gasteiger partial charge in [-0.3, -0.25) is 4.79 Å². The number of hydrogen-bond donors (Lipinski definition) is 1. The number of amides is 1. The van der Waals surface area contributed by atoms with Gasteiger partial charge in [0.25, 0.3) is 5.91 Å². The third-order valence-corrected chi connectivity index (χ3v) is 3.94. The van der Waals surface area contributed by atoms with E-state index in [4.69, 9.17) is 11.6 Å². The molecule has 2 nitrogen and oxygen atoms in total. The summed E-state index contributed by atoms with van der Waals surface area (Å²) >= 11 is 12.0. The zero-order valence-corrected chi connectivity index (χ0v) is 13.6. The fourth-order valence-electron chi connectivity index (χ4n) is 1.52. The van der Waals surface area contributed by atoms with Crippen LogP contribution in [0.15, 0.2) is 39.3 Å². The van der Waals surface area contributed by atoms with Crippen LogP contribution < -0.4 is 5.32 Å². The quantitative estimate of drug-likeness (QED) is 0.686. The second-order valence-electron chi connectivity index (χ2n) is 3.82. The van der Waals surface area contributed by atoms with Crippen molar-refractivity contribution >= 4 is 55.1 Å². The fraction of sp³-hybridized carbons (Fsp3) is 0. The van der Waals surface area contributed by atoms with E-state index in [0.717, 1.165) is 6.07 Å². The minimum Gasteiger partial charge on any atom is -0.318 e. The molecule has 0 atom stereocenters. The summed E-state index contributed by atoms with van der Waals surface area (Å²) in [7, 11) is 0. The van der Waals surface area contributed by atoms with Crippen molar-refractivity contribution in [2.75, 3.05) is 5.32 Å². The summed E-state index contributed by atoms with van der Waals surface area (Å²) in [6, 6.07) is 6.34. The normalized spacial score (nSPS) is 10.4. The van der Waals surface area contributed by atoms with Crippen LogP contribution in [0.5, 0.6) is 0 Å². The van der Waals surface area contributed by atoms with Gasteiger partial charge in [0.05, 0.1) is 11.3 Å². The molecule has 2 aromatic carbocycles. The Morgan fingerprint density at radius 2 is 1.80 bits per heavy atom. The number of benzene rings is 2. The standard InChI is InChI=1S/C13H6Br2ClF2NO/c14-9-3-6(16)1-2-8(9)13(20)19-12-10(15)4-7(17)5-11(12)18/h1-5H,(H,19,20). The molecular weight excluding hydrogens is 419 g/mol. The summed E-state index contributed by atoms with van der Waals surface area (Å²) in [4.78, 5) is 12.1. The first-order valence-corrected chi connectivity index (χ1v) is 7.26. The van der Waals surface area contributed by atoms with Gasteiger partial charge in [0.2, 0.25) is 0 Å². The summed E-state index contributed by atoms with van der Waals surface area (Å²) < 4.78 is 27.2. The molecule has 0 bridgehead atoms. The molecule has 0 aliphatic rings. The zero-order valence-electron chi connectivity index (χ0n) is 9.68. The maximum absolute atomic E-state index is 13.6. The fourth-order valence-corrected chi connectivity index (χ4v) is 2.89. The van der Waals surface area contributed by atoms with Crippen LogP contribution in [0.4, 0.5) is 14.5 Å². The summed E-state index contributed by atoms with van der Waals surface area (Å²) in [5, 5.41) is 2.84. The number of carbonyl (C=O) groups excluding carboxylic acids is 1. The molecule has 0 radical (unpaired) electrons. The van der Waals surface area contributed by atoms with Crippen LogP contribution in [-0.4, -0.2) is 5.91 Å². The molecule has 2 aromatic rings. The highest BCUT2D eigenvalue weighted by atomic mass is 79.9. The summed E-state index contributed by atoms with van der Waals surface area (Å²) in [5.74, 6) is -2.14. The van der Waals surface area contributed by atoms with Crippen LogP contribution >= 0.6 is 43.5 Å². The van der Waals surface area contributed by atoms with Crippen molar-refractivity contribution in [1.82, 2.24) is 0 Å². The van der Waals surface area contributed by atoms with E-state index in [-0.39, 0.29) is 15.7 Å². The number of anilines is 1. The van der Waals surface area contributed by atoms with E-state index >= 15 is 0 Å². The Labute approximate surface area is 135 Å². The van der Waals surface area contributed by atoms with Crippen LogP contribution in [0.2, 0.25) is 5.02 Å². The summed E-state index contributed by atoms with van der Waals surface area (Å²) in [6.07, 6.45) is 0. The lowest BCUT2D eigenvalue weighted by Crippen LogP contribution is -2.14. The molecule has 1 N–H and O–H groups in total. The van der Waals surface area contributed by atoms with Gasteiger partial charge < -0.3 is 5.32 Å². The van der Waals surface area contributed by atoms with Gasteiger partial charge in [0.1, 0.15) is 5.82 Å². The topological polar surface area (TPSA) is 29.1 Å². The first-order valence-electron chi connectivity index (χ1n) is 5.29. The van der Waals surface area contributed by atoms with Crippen molar-refractivity contribution in [3.05, 3.63) is 61.5 Å². The molecule has 0 aliphatic heterocycles. The predicted octanol–water partition coefficient (Wildman–Crippen LogP) is 5.40. The second kappa shape index (κ2) is 6.20. The van der Waals surface area contributed by atoms with Gasteiger partial charge in [-0.15, -0.1) is 0 Å². The molecule has 0 unspecified atom stereocenters. The molecule has 0 saturated heterocycles. The predicted molar refractivity (Wildman–Crippen MR) is 81.2 cm³/mol. The average Bonchev–Trinajstić information content (AvgIpc) is 2.33.